The van der Waals surface area contributed by atoms with Crippen molar-refractivity contribution in [3.8, 4) is 0 Å². The zero-order valence-corrected chi connectivity index (χ0v) is 32.3. The molecule has 0 saturated carbocycles. The smallest absolute Gasteiger partial charge is 0.306 e. The molecule has 0 aromatic carbocycles. The molecule has 0 heterocycles. The Morgan fingerprint density at radius 2 is 0.875 bits per heavy atom. The van der Waals surface area contributed by atoms with Gasteiger partial charge in [-0.1, -0.05) is 172 Å². The molecule has 0 amide bonds. The highest BCUT2D eigenvalue weighted by molar-refractivity contribution is 5.69. The first-order chi connectivity index (χ1) is 23.7. The number of hydrogen-bond donors (Lipinski definition) is 1. The summed E-state index contributed by atoms with van der Waals surface area (Å²) in [6, 6.07) is 0. The van der Waals surface area contributed by atoms with Crippen molar-refractivity contribution in [1.29, 1.82) is 0 Å². The molecule has 0 aliphatic carbocycles. The summed E-state index contributed by atoms with van der Waals surface area (Å²) in [6.45, 7) is 5.33. The molecule has 0 rings (SSSR count). The van der Waals surface area contributed by atoms with Gasteiger partial charge in [0.05, 0.1) is 13.2 Å². The van der Waals surface area contributed by atoms with Crippen LogP contribution in [0.25, 0.3) is 0 Å². The molecule has 0 saturated heterocycles. The summed E-state index contributed by atoms with van der Waals surface area (Å²) < 4.78 is 11.2. The van der Waals surface area contributed by atoms with Crippen LogP contribution < -0.4 is 0 Å². The van der Waals surface area contributed by atoms with Crippen molar-refractivity contribution >= 4 is 5.97 Å². The van der Waals surface area contributed by atoms with Crippen LogP contribution >= 0.6 is 0 Å². The van der Waals surface area contributed by atoms with E-state index in [9.17, 15) is 9.90 Å². The van der Waals surface area contributed by atoms with Gasteiger partial charge >= 0.3 is 5.97 Å². The summed E-state index contributed by atoms with van der Waals surface area (Å²) in [7, 11) is 0. The van der Waals surface area contributed by atoms with Gasteiger partial charge in [-0.3, -0.25) is 4.79 Å². The van der Waals surface area contributed by atoms with Gasteiger partial charge in [-0.2, -0.15) is 0 Å². The Hall–Kier alpha value is -1.39. The maximum atomic E-state index is 12.2. The summed E-state index contributed by atoms with van der Waals surface area (Å²) in [5.74, 6) is -0.206. The second kappa shape index (κ2) is 41.8. The molecular weight excluding hydrogens is 592 g/mol. The summed E-state index contributed by atoms with van der Waals surface area (Å²) >= 11 is 0. The van der Waals surface area contributed by atoms with Crippen molar-refractivity contribution in [3.05, 3.63) is 36.5 Å². The van der Waals surface area contributed by atoms with Crippen molar-refractivity contribution in [2.45, 2.75) is 219 Å². The van der Waals surface area contributed by atoms with E-state index in [-0.39, 0.29) is 12.6 Å². The maximum Gasteiger partial charge on any atom is 0.306 e. The minimum Gasteiger partial charge on any atom is -0.457 e. The standard InChI is InChI=1S/C44H82O4/c1-3-5-7-9-11-13-15-17-19-21-22-24-26-28-30-32-34-36-38-40-47-42-43(41-45)48-44(46)39-37-35-33-31-29-27-25-23-20-18-16-14-12-10-8-6-4-2/h13,15,18-21,43,45H,3-12,14,16-17,22-42H2,1-2H3/b15-13-,20-18-,21-19-. The normalized spacial score (nSPS) is 12.6. The third-order valence-corrected chi connectivity index (χ3v) is 9.19. The lowest BCUT2D eigenvalue weighted by Crippen LogP contribution is -2.27. The largest absolute Gasteiger partial charge is 0.457 e. The van der Waals surface area contributed by atoms with E-state index in [2.05, 4.69) is 50.3 Å². The monoisotopic (exact) mass is 675 g/mol. The van der Waals surface area contributed by atoms with Crippen molar-refractivity contribution in [2.75, 3.05) is 19.8 Å². The highest BCUT2D eigenvalue weighted by atomic mass is 16.6. The molecule has 0 fully saturated rings. The van der Waals surface area contributed by atoms with E-state index in [4.69, 9.17) is 9.47 Å². The van der Waals surface area contributed by atoms with Gasteiger partial charge in [0, 0.05) is 13.0 Å². The molecule has 4 nitrogen and oxygen atoms in total. The maximum absolute atomic E-state index is 12.2. The second-order valence-corrected chi connectivity index (χ2v) is 14.1. The Labute approximate surface area is 300 Å². The number of aliphatic hydroxyl groups excluding tert-OH is 1. The summed E-state index contributed by atoms with van der Waals surface area (Å²) in [4.78, 5) is 12.2. The van der Waals surface area contributed by atoms with E-state index >= 15 is 0 Å². The Bertz CT molecular complexity index is 713. The van der Waals surface area contributed by atoms with Gasteiger partial charge in [0.15, 0.2) is 0 Å². The van der Waals surface area contributed by atoms with Gasteiger partial charge in [-0.05, 0) is 70.6 Å². The van der Waals surface area contributed by atoms with Crippen LogP contribution in [-0.2, 0) is 14.3 Å². The van der Waals surface area contributed by atoms with E-state index in [1.807, 2.05) is 0 Å². The SMILES string of the molecule is CCCCCC/C=C\C/C=C\CCCCCCCCCCOCC(CO)OC(=O)CCCCCCCCC/C=C\CCCCCCCC. The minimum atomic E-state index is -0.538. The van der Waals surface area contributed by atoms with E-state index in [1.165, 1.54) is 167 Å². The predicted molar refractivity (Wildman–Crippen MR) is 210 cm³/mol. The molecule has 0 spiro atoms. The lowest BCUT2D eigenvalue weighted by Gasteiger charge is -2.16. The van der Waals surface area contributed by atoms with Gasteiger partial charge in [0.25, 0.3) is 0 Å². The van der Waals surface area contributed by atoms with Gasteiger partial charge in [0.2, 0.25) is 0 Å². The van der Waals surface area contributed by atoms with Crippen molar-refractivity contribution in [3.63, 3.8) is 0 Å². The number of allylic oxidation sites excluding steroid dienone is 6. The van der Waals surface area contributed by atoms with Gasteiger partial charge in [-0.15, -0.1) is 0 Å². The van der Waals surface area contributed by atoms with Crippen molar-refractivity contribution < 1.29 is 19.4 Å². The number of carbonyl (C=O) groups excluding carboxylic acids is 1. The zero-order chi connectivity index (χ0) is 34.9. The Balaban J connectivity index is 3.44. The number of aliphatic hydroxyl groups is 1. The average Bonchev–Trinajstić information content (AvgIpc) is 3.09. The van der Waals surface area contributed by atoms with Crippen LogP contribution in [0.2, 0.25) is 0 Å². The third kappa shape index (κ3) is 39.1. The molecule has 1 atom stereocenters. The number of rotatable bonds is 39. The highest BCUT2D eigenvalue weighted by Gasteiger charge is 2.13. The van der Waals surface area contributed by atoms with Crippen LogP contribution in [-0.4, -0.2) is 37.0 Å². The molecule has 282 valence electrons. The molecule has 0 aromatic rings. The van der Waals surface area contributed by atoms with Crippen molar-refractivity contribution in [1.82, 2.24) is 0 Å². The molecule has 1 N–H and O–H groups in total. The molecule has 0 aliphatic heterocycles. The topological polar surface area (TPSA) is 55.8 Å². The summed E-state index contributed by atoms with van der Waals surface area (Å²) in [5.41, 5.74) is 0. The molecule has 48 heavy (non-hydrogen) atoms. The van der Waals surface area contributed by atoms with E-state index in [0.29, 0.717) is 19.6 Å². The van der Waals surface area contributed by atoms with E-state index in [0.717, 1.165) is 25.7 Å². The zero-order valence-electron chi connectivity index (χ0n) is 32.3. The van der Waals surface area contributed by atoms with Crippen LogP contribution in [0.1, 0.15) is 213 Å². The molecule has 1 unspecified atom stereocenters. The molecular formula is C44H82O4. The predicted octanol–water partition coefficient (Wildman–Crippen LogP) is 13.7. The van der Waals surface area contributed by atoms with Gasteiger partial charge < -0.3 is 14.6 Å². The molecule has 0 radical (unpaired) electrons. The third-order valence-electron chi connectivity index (χ3n) is 9.19. The fourth-order valence-electron chi connectivity index (χ4n) is 6.00. The second-order valence-electron chi connectivity index (χ2n) is 14.1. The molecule has 4 heteroatoms. The molecule has 0 aliphatic rings. The first-order valence-electron chi connectivity index (χ1n) is 21.1. The lowest BCUT2D eigenvalue weighted by atomic mass is 10.1. The quantitative estimate of drug-likeness (QED) is 0.0400. The Morgan fingerprint density at radius 3 is 1.33 bits per heavy atom. The van der Waals surface area contributed by atoms with Crippen molar-refractivity contribution in [2.24, 2.45) is 0 Å². The van der Waals surface area contributed by atoms with Crippen LogP contribution in [0.15, 0.2) is 36.5 Å². The fraction of sp³-hybridized carbons (Fsp3) is 0.841. The first kappa shape index (κ1) is 46.6. The van der Waals surface area contributed by atoms with E-state index in [1.54, 1.807) is 0 Å². The number of hydrogen-bond acceptors (Lipinski definition) is 4. The molecule has 0 bridgehead atoms. The molecule has 0 aromatic heterocycles. The number of unbranched alkanes of at least 4 members (excludes halogenated alkanes) is 25. The summed E-state index contributed by atoms with van der Waals surface area (Å²) in [5, 5.41) is 9.59. The number of carbonyl (C=O) groups is 1. The Morgan fingerprint density at radius 1 is 0.500 bits per heavy atom. The van der Waals surface area contributed by atoms with Crippen LogP contribution in [0.4, 0.5) is 0 Å². The minimum absolute atomic E-state index is 0.175. The van der Waals surface area contributed by atoms with Crippen LogP contribution in [0.5, 0.6) is 0 Å². The number of esters is 1. The first-order valence-corrected chi connectivity index (χ1v) is 21.1. The fourth-order valence-corrected chi connectivity index (χ4v) is 6.00. The highest BCUT2D eigenvalue weighted by Crippen LogP contribution is 2.13. The average molecular weight is 675 g/mol. The Kier molecular flexibility index (Phi) is 40.6. The van der Waals surface area contributed by atoms with Crippen LogP contribution in [0, 0.1) is 0 Å². The van der Waals surface area contributed by atoms with Gasteiger partial charge in [-0.25, -0.2) is 0 Å². The van der Waals surface area contributed by atoms with Gasteiger partial charge in [0.1, 0.15) is 6.10 Å². The lowest BCUT2D eigenvalue weighted by molar-refractivity contribution is -0.154. The number of ether oxygens (including phenoxy) is 2. The van der Waals surface area contributed by atoms with Crippen LogP contribution in [0.3, 0.4) is 0 Å². The summed E-state index contributed by atoms with van der Waals surface area (Å²) in [6.07, 6.45) is 51.9. The van der Waals surface area contributed by atoms with E-state index < -0.39 is 6.10 Å².